The van der Waals surface area contributed by atoms with Crippen LogP contribution in [0.15, 0.2) is 36.4 Å². The van der Waals surface area contributed by atoms with E-state index in [-0.39, 0.29) is 17.0 Å². The lowest BCUT2D eigenvalue weighted by molar-refractivity contribution is -0.142. The van der Waals surface area contributed by atoms with Crippen LogP contribution >= 0.6 is 11.6 Å². The summed E-state index contributed by atoms with van der Waals surface area (Å²) in [5, 5.41) is 4.60. The maximum atomic E-state index is 13.3. The molecule has 30 heavy (non-hydrogen) atoms. The largest absolute Gasteiger partial charge is 0.433 e. The van der Waals surface area contributed by atoms with Crippen LogP contribution in [-0.4, -0.2) is 56.5 Å². The number of halogens is 4. The van der Waals surface area contributed by atoms with Gasteiger partial charge in [0.25, 0.3) is 5.91 Å². The number of hydrogen-bond acceptors (Lipinski definition) is 4. The number of carbonyl (C=O) groups excluding carboxylic acids is 1. The fraction of sp³-hybridized carbons (Fsp3) is 0.350. The summed E-state index contributed by atoms with van der Waals surface area (Å²) in [6.07, 6.45) is -4.59. The number of nitrogens with zero attached hydrogens (tertiary/aromatic N) is 5. The fourth-order valence-corrected chi connectivity index (χ4v) is 3.74. The molecule has 6 nitrogen and oxygen atoms in total. The molecule has 10 heteroatoms. The smallest absolute Gasteiger partial charge is 0.335 e. The molecule has 0 N–H and O–H groups in total. The second kappa shape index (κ2) is 7.88. The van der Waals surface area contributed by atoms with E-state index >= 15 is 0 Å². The third-order valence-corrected chi connectivity index (χ3v) is 5.44. The van der Waals surface area contributed by atoms with Crippen LogP contribution in [0.5, 0.6) is 0 Å². The zero-order valence-corrected chi connectivity index (χ0v) is 16.9. The molecule has 0 radical (unpaired) electrons. The van der Waals surface area contributed by atoms with Crippen molar-refractivity contribution in [1.29, 1.82) is 0 Å². The molecule has 1 fully saturated rings. The van der Waals surface area contributed by atoms with Crippen LogP contribution in [0.1, 0.15) is 27.4 Å². The van der Waals surface area contributed by atoms with Crippen molar-refractivity contribution in [2.24, 2.45) is 0 Å². The van der Waals surface area contributed by atoms with E-state index in [0.717, 1.165) is 11.6 Å². The molecule has 0 unspecified atom stereocenters. The highest BCUT2D eigenvalue weighted by molar-refractivity contribution is 6.31. The van der Waals surface area contributed by atoms with Crippen LogP contribution in [0.3, 0.4) is 0 Å². The monoisotopic (exact) mass is 437 g/mol. The van der Waals surface area contributed by atoms with Crippen molar-refractivity contribution in [3.63, 3.8) is 0 Å². The summed E-state index contributed by atoms with van der Waals surface area (Å²) < 4.78 is 40.6. The molecular formula is C20H19ClF3N5O. The molecule has 1 aliphatic rings. The predicted octanol–water partition coefficient (Wildman–Crippen LogP) is 3.67. The van der Waals surface area contributed by atoms with Gasteiger partial charge in [-0.3, -0.25) is 9.69 Å². The molecule has 158 valence electrons. The Kier molecular flexibility index (Phi) is 5.42. The summed E-state index contributed by atoms with van der Waals surface area (Å²) in [4.78, 5) is 20.7. The highest BCUT2D eigenvalue weighted by Gasteiger charge is 2.35. The molecule has 1 aliphatic heterocycles. The first kappa shape index (κ1) is 20.6. The van der Waals surface area contributed by atoms with Gasteiger partial charge in [-0.15, -0.1) is 0 Å². The van der Waals surface area contributed by atoms with Crippen LogP contribution in [0.2, 0.25) is 5.02 Å². The van der Waals surface area contributed by atoms with Crippen LogP contribution in [0.4, 0.5) is 13.2 Å². The lowest BCUT2D eigenvalue weighted by Gasteiger charge is -2.34. The van der Waals surface area contributed by atoms with Gasteiger partial charge in [-0.1, -0.05) is 29.8 Å². The molecule has 0 atom stereocenters. The van der Waals surface area contributed by atoms with E-state index in [1.807, 2.05) is 24.3 Å². The van der Waals surface area contributed by atoms with E-state index in [0.29, 0.717) is 42.3 Å². The topological polar surface area (TPSA) is 53.7 Å². The van der Waals surface area contributed by atoms with Gasteiger partial charge in [0.05, 0.1) is 0 Å². The molecule has 0 saturated carbocycles. The molecule has 4 rings (SSSR count). The molecule has 1 aromatic carbocycles. The van der Waals surface area contributed by atoms with E-state index in [4.69, 9.17) is 11.6 Å². The van der Waals surface area contributed by atoms with Crippen molar-refractivity contribution in [2.45, 2.75) is 19.6 Å². The predicted molar refractivity (Wildman–Crippen MR) is 105 cm³/mol. The molecule has 3 aromatic rings. The van der Waals surface area contributed by atoms with Crippen LogP contribution in [0, 0.1) is 6.92 Å². The zero-order chi connectivity index (χ0) is 21.5. The van der Waals surface area contributed by atoms with Gasteiger partial charge >= 0.3 is 6.18 Å². The number of benzene rings is 1. The maximum absolute atomic E-state index is 13.3. The number of fused-ring (bicyclic) bond motifs is 1. The van der Waals surface area contributed by atoms with Crippen molar-refractivity contribution >= 4 is 23.2 Å². The summed E-state index contributed by atoms with van der Waals surface area (Å²) in [6.45, 7) is 4.33. The summed E-state index contributed by atoms with van der Waals surface area (Å²) in [5.74, 6) is -0.399. The number of aryl methyl sites for hydroxylation is 1. The van der Waals surface area contributed by atoms with E-state index < -0.39 is 17.8 Å². The fourth-order valence-electron chi connectivity index (χ4n) is 3.55. The molecule has 1 amide bonds. The third-order valence-electron chi connectivity index (χ3n) is 5.08. The summed E-state index contributed by atoms with van der Waals surface area (Å²) in [7, 11) is 0. The van der Waals surface area contributed by atoms with Crippen LogP contribution in [-0.2, 0) is 12.7 Å². The van der Waals surface area contributed by atoms with Gasteiger partial charge in [0.2, 0.25) is 0 Å². The summed E-state index contributed by atoms with van der Waals surface area (Å²) in [6, 6.07) is 9.82. The SMILES string of the molecule is Cc1cc(C(F)(F)F)n2nc(C(=O)N3CCN(Cc4ccccc4Cl)CC3)cc2n1. The van der Waals surface area contributed by atoms with Gasteiger partial charge in [-0.2, -0.15) is 18.3 Å². The molecule has 3 heterocycles. The number of alkyl halides is 3. The van der Waals surface area contributed by atoms with Crippen molar-refractivity contribution < 1.29 is 18.0 Å². The van der Waals surface area contributed by atoms with Gasteiger partial charge in [0.15, 0.2) is 11.3 Å². The normalized spacial score (nSPS) is 15.7. The average molecular weight is 438 g/mol. The minimum Gasteiger partial charge on any atom is -0.335 e. The number of piperazine rings is 1. The van der Waals surface area contributed by atoms with E-state index in [2.05, 4.69) is 15.0 Å². The van der Waals surface area contributed by atoms with Crippen LogP contribution in [0.25, 0.3) is 5.65 Å². The minimum atomic E-state index is -4.59. The quantitative estimate of drug-likeness (QED) is 0.627. The Morgan fingerprint density at radius 1 is 1.13 bits per heavy atom. The highest BCUT2D eigenvalue weighted by Crippen LogP contribution is 2.30. The standard InChI is InChI=1S/C20H19ClF3N5O/c1-13-10-17(20(22,23)24)29-18(25-13)11-16(26-29)19(30)28-8-6-27(7-9-28)12-14-4-2-3-5-15(14)21/h2-5,10-11H,6-9,12H2,1H3. The Morgan fingerprint density at radius 3 is 2.50 bits per heavy atom. The molecular weight excluding hydrogens is 419 g/mol. The van der Waals surface area contributed by atoms with Gasteiger partial charge in [-0.05, 0) is 24.6 Å². The second-order valence-corrected chi connectivity index (χ2v) is 7.65. The molecule has 0 aliphatic carbocycles. The maximum Gasteiger partial charge on any atom is 0.433 e. The van der Waals surface area contributed by atoms with Gasteiger partial charge in [-0.25, -0.2) is 9.50 Å². The van der Waals surface area contributed by atoms with Crippen molar-refractivity contribution in [3.8, 4) is 0 Å². The Bertz CT molecular complexity index is 1090. The summed E-state index contributed by atoms with van der Waals surface area (Å²) >= 11 is 6.21. The Morgan fingerprint density at radius 2 is 1.83 bits per heavy atom. The Hall–Kier alpha value is -2.65. The Labute approximate surface area is 175 Å². The van der Waals surface area contributed by atoms with E-state index in [1.54, 1.807) is 4.90 Å². The molecule has 2 aromatic heterocycles. The lowest BCUT2D eigenvalue weighted by Crippen LogP contribution is -2.48. The van der Waals surface area contributed by atoms with Crippen LogP contribution < -0.4 is 0 Å². The minimum absolute atomic E-state index is 0.00281. The van der Waals surface area contributed by atoms with Crippen molar-refractivity contribution in [1.82, 2.24) is 24.4 Å². The molecule has 0 bridgehead atoms. The van der Waals surface area contributed by atoms with Crippen molar-refractivity contribution in [3.05, 3.63) is 64.1 Å². The number of rotatable bonds is 3. The third kappa shape index (κ3) is 4.13. The second-order valence-electron chi connectivity index (χ2n) is 7.24. The number of aromatic nitrogens is 3. The number of hydrogen-bond donors (Lipinski definition) is 0. The number of carbonyl (C=O) groups is 1. The molecule has 1 saturated heterocycles. The van der Waals surface area contributed by atoms with Gasteiger partial charge in [0.1, 0.15) is 5.69 Å². The van der Waals surface area contributed by atoms with Gasteiger partial charge < -0.3 is 4.90 Å². The highest BCUT2D eigenvalue weighted by atomic mass is 35.5. The first-order chi connectivity index (χ1) is 14.2. The molecule has 0 spiro atoms. The van der Waals surface area contributed by atoms with E-state index in [9.17, 15) is 18.0 Å². The van der Waals surface area contributed by atoms with Gasteiger partial charge in [0, 0.05) is 49.5 Å². The average Bonchev–Trinajstić information content (AvgIpc) is 3.12. The van der Waals surface area contributed by atoms with E-state index in [1.165, 1.54) is 13.0 Å². The first-order valence-corrected chi connectivity index (χ1v) is 9.80. The number of amides is 1. The lowest BCUT2D eigenvalue weighted by atomic mass is 10.2. The summed E-state index contributed by atoms with van der Waals surface area (Å²) in [5.41, 5.74) is 0.233. The Balaban J connectivity index is 1.48. The zero-order valence-electron chi connectivity index (χ0n) is 16.2. The van der Waals surface area contributed by atoms with Crippen molar-refractivity contribution in [2.75, 3.05) is 26.2 Å². The first-order valence-electron chi connectivity index (χ1n) is 9.42.